The lowest BCUT2D eigenvalue weighted by molar-refractivity contribution is 0.874. The highest BCUT2D eigenvalue weighted by Gasteiger charge is 2.04. The molecule has 0 unspecified atom stereocenters. The van der Waals surface area contributed by atoms with Gasteiger partial charge in [-0.15, -0.1) is 0 Å². The van der Waals surface area contributed by atoms with Crippen LogP contribution in [0.4, 0.5) is 5.69 Å². The average molecular weight is 229 g/mol. The van der Waals surface area contributed by atoms with Gasteiger partial charge in [0, 0.05) is 6.20 Å². The maximum atomic E-state index is 5.77. The number of nitrogen functional groups attached to an aromatic ring is 1. The van der Waals surface area contributed by atoms with Crippen molar-refractivity contribution in [2.75, 3.05) is 5.73 Å². The third-order valence-electron chi connectivity index (χ3n) is 1.65. The van der Waals surface area contributed by atoms with E-state index in [1.807, 2.05) is 0 Å². The van der Waals surface area contributed by atoms with E-state index in [0.29, 0.717) is 10.7 Å². The van der Waals surface area contributed by atoms with Crippen LogP contribution < -0.4 is 5.73 Å². The highest BCUT2D eigenvalue weighted by Crippen LogP contribution is 2.19. The summed E-state index contributed by atoms with van der Waals surface area (Å²) in [6.07, 6.45) is 4.77. The van der Waals surface area contributed by atoms with Crippen LogP contribution in [0, 0.1) is 0 Å². The van der Waals surface area contributed by atoms with Gasteiger partial charge in [-0.25, -0.2) is 4.68 Å². The molecule has 2 heterocycles. The Morgan fingerprint density at radius 1 is 1.29 bits per heavy atom. The summed E-state index contributed by atoms with van der Waals surface area (Å²) >= 11 is 11.5. The van der Waals surface area contributed by atoms with E-state index in [9.17, 15) is 0 Å². The molecule has 0 aliphatic carbocycles. The Morgan fingerprint density at radius 3 is 2.64 bits per heavy atom. The number of rotatable bonds is 1. The Morgan fingerprint density at radius 2 is 2.07 bits per heavy atom. The molecule has 6 heteroatoms. The van der Waals surface area contributed by atoms with Gasteiger partial charge < -0.3 is 5.73 Å². The molecule has 14 heavy (non-hydrogen) atoms. The molecular formula is C8H6Cl2N4. The van der Waals surface area contributed by atoms with Crippen molar-refractivity contribution >= 4 is 28.9 Å². The van der Waals surface area contributed by atoms with Crippen molar-refractivity contribution < 1.29 is 0 Å². The fourth-order valence-corrected chi connectivity index (χ4v) is 1.32. The molecule has 0 aliphatic rings. The summed E-state index contributed by atoms with van der Waals surface area (Å²) in [6.45, 7) is 0. The number of nitrogens with zero attached hydrogens (tertiary/aromatic N) is 3. The number of hydrogen-bond acceptors (Lipinski definition) is 3. The van der Waals surface area contributed by atoms with E-state index >= 15 is 0 Å². The van der Waals surface area contributed by atoms with Crippen molar-refractivity contribution in [2.45, 2.75) is 0 Å². The molecule has 2 N–H and O–H groups in total. The molecular weight excluding hydrogens is 223 g/mol. The fourth-order valence-electron chi connectivity index (χ4n) is 1.02. The van der Waals surface area contributed by atoms with Crippen LogP contribution in [0.2, 0.25) is 10.2 Å². The van der Waals surface area contributed by atoms with Crippen molar-refractivity contribution in [3.8, 4) is 5.69 Å². The summed E-state index contributed by atoms with van der Waals surface area (Å²) in [5.41, 5.74) is 6.69. The molecule has 72 valence electrons. The summed E-state index contributed by atoms with van der Waals surface area (Å²) in [5.74, 6) is 0. The molecule has 0 atom stereocenters. The average Bonchev–Trinajstić information content (AvgIpc) is 2.47. The first-order valence-electron chi connectivity index (χ1n) is 3.78. The minimum Gasteiger partial charge on any atom is -0.395 e. The summed E-state index contributed by atoms with van der Waals surface area (Å²) < 4.78 is 1.52. The highest BCUT2D eigenvalue weighted by atomic mass is 35.5. The van der Waals surface area contributed by atoms with Crippen LogP contribution in [0.1, 0.15) is 0 Å². The predicted molar refractivity (Wildman–Crippen MR) is 55.8 cm³/mol. The lowest BCUT2D eigenvalue weighted by Crippen LogP contribution is -1.94. The van der Waals surface area contributed by atoms with Gasteiger partial charge in [-0.3, -0.25) is 4.98 Å². The second-order valence-electron chi connectivity index (χ2n) is 2.68. The minimum absolute atomic E-state index is 0.268. The van der Waals surface area contributed by atoms with Gasteiger partial charge in [0.25, 0.3) is 0 Å². The van der Waals surface area contributed by atoms with Crippen molar-refractivity contribution in [1.82, 2.24) is 14.8 Å². The highest BCUT2D eigenvalue weighted by molar-refractivity contribution is 6.31. The number of aromatic nitrogens is 3. The SMILES string of the molecule is Nc1cn(-c2cncc(Cl)c2)nc1Cl. The molecule has 0 saturated heterocycles. The molecule has 0 saturated carbocycles. The summed E-state index contributed by atoms with van der Waals surface area (Å²) in [4.78, 5) is 3.92. The number of halogens is 2. The van der Waals surface area contributed by atoms with Gasteiger partial charge in [0.2, 0.25) is 0 Å². The normalized spacial score (nSPS) is 10.4. The third-order valence-corrected chi connectivity index (χ3v) is 2.15. The lowest BCUT2D eigenvalue weighted by Gasteiger charge is -1.99. The zero-order valence-electron chi connectivity index (χ0n) is 6.98. The van der Waals surface area contributed by atoms with Crippen LogP contribution in [0.25, 0.3) is 5.69 Å². The molecule has 0 spiro atoms. The minimum atomic E-state index is 0.268. The molecule has 0 amide bonds. The lowest BCUT2D eigenvalue weighted by atomic mass is 10.4. The fraction of sp³-hybridized carbons (Fsp3) is 0. The van der Waals surface area contributed by atoms with Gasteiger partial charge >= 0.3 is 0 Å². The Kier molecular flexibility index (Phi) is 2.31. The van der Waals surface area contributed by atoms with E-state index < -0.39 is 0 Å². The van der Waals surface area contributed by atoms with Crippen molar-refractivity contribution in [3.63, 3.8) is 0 Å². The smallest absolute Gasteiger partial charge is 0.174 e. The van der Waals surface area contributed by atoms with Gasteiger partial charge in [0.15, 0.2) is 5.15 Å². The van der Waals surface area contributed by atoms with Gasteiger partial charge in [-0.2, -0.15) is 5.10 Å². The zero-order chi connectivity index (χ0) is 10.1. The molecule has 0 aromatic carbocycles. The van der Waals surface area contributed by atoms with Crippen LogP contribution in [-0.2, 0) is 0 Å². The summed E-state index contributed by atoms with van der Waals surface area (Å²) in [6, 6.07) is 1.72. The molecule has 0 fully saturated rings. The van der Waals surface area contributed by atoms with Crippen molar-refractivity contribution in [2.24, 2.45) is 0 Å². The van der Waals surface area contributed by atoms with E-state index in [0.717, 1.165) is 5.69 Å². The first-order chi connectivity index (χ1) is 6.66. The second-order valence-corrected chi connectivity index (χ2v) is 3.48. The van der Waals surface area contributed by atoms with E-state index in [-0.39, 0.29) is 5.15 Å². The Labute approximate surface area is 90.3 Å². The largest absolute Gasteiger partial charge is 0.395 e. The van der Waals surface area contributed by atoms with Gasteiger partial charge in [0.1, 0.15) is 0 Å². The molecule has 0 radical (unpaired) electrons. The van der Waals surface area contributed by atoms with E-state index in [2.05, 4.69) is 10.1 Å². The predicted octanol–water partition coefficient (Wildman–Crippen LogP) is 2.16. The number of hydrogen-bond donors (Lipinski definition) is 1. The van der Waals surface area contributed by atoms with Crippen LogP contribution in [0.3, 0.4) is 0 Å². The third kappa shape index (κ3) is 1.66. The Hall–Kier alpha value is -1.26. The topological polar surface area (TPSA) is 56.7 Å². The molecule has 2 aromatic rings. The van der Waals surface area contributed by atoms with E-state index in [1.165, 1.54) is 4.68 Å². The van der Waals surface area contributed by atoms with E-state index in [4.69, 9.17) is 28.9 Å². The molecule has 0 aliphatic heterocycles. The van der Waals surface area contributed by atoms with Crippen LogP contribution in [0.15, 0.2) is 24.7 Å². The molecule has 2 rings (SSSR count). The number of pyridine rings is 1. The Bertz CT molecular complexity index is 447. The first-order valence-corrected chi connectivity index (χ1v) is 4.54. The molecule has 0 bridgehead atoms. The second kappa shape index (κ2) is 3.48. The molecule has 2 aromatic heterocycles. The van der Waals surface area contributed by atoms with Crippen LogP contribution >= 0.6 is 23.2 Å². The number of nitrogens with two attached hydrogens (primary N) is 1. The van der Waals surface area contributed by atoms with Crippen molar-refractivity contribution in [3.05, 3.63) is 34.8 Å². The monoisotopic (exact) mass is 228 g/mol. The van der Waals surface area contributed by atoms with Gasteiger partial charge in [0.05, 0.1) is 28.8 Å². The standard InChI is InChI=1S/C8H6Cl2N4/c9-5-1-6(3-12-2-5)14-4-7(11)8(10)13-14/h1-4H,11H2. The van der Waals surface area contributed by atoms with Gasteiger partial charge in [-0.1, -0.05) is 23.2 Å². The zero-order valence-corrected chi connectivity index (χ0v) is 8.50. The van der Waals surface area contributed by atoms with Gasteiger partial charge in [-0.05, 0) is 6.07 Å². The summed E-state index contributed by atoms with van der Waals surface area (Å²) in [7, 11) is 0. The Balaban J connectivity index is 2.49. The maximum absolute atomic E-state index is 5.77. The van der Waals surface area contributed by atoms with Crippen LogP contribution in [-0.4, -0.2) is 14.8 Å². The van der Waals surface area contributed by atoms with Crippen LogP contribution in [0.5, 0.6) is 0 Å². The quantitative estimate of drug-likeness (QED) is 0.814. The summed E-state index contributed by atoms with van der Waals surface area (Å²) in [5, 5.41) is 4.78. The van der Waals surface area contributed by atoms with Crippen molar-refractivity contribution in [1.29, 1.82) is 0 Å². The maximum Gasteiger partial charge on any atom is 0.174 e. The van der Waals surface area contributed by atoms with E-state index in [1.54, 1.807) is 24.7 Å². The number of anilines is 1. The first kappa shape index (κ1) is 9.30. The molecule has 4 nitrogen and oxygen atoms in total.